The van der Waals surface area contributed by atoms with Crippen molar-refractivity contribution >= 4 is 5.82 Å². The molecule has 0 amide bonds. The molecular formula is C17H28N4O2. The number of piperidine rings is 1. The van der Waals surface area contributed by atoms with Crippen LogP contribution in [0, 0.1) is 12.8 Å². The zero-order valence-corrected chi connectivity index (χ0v) is 14.5. The molecule has 0 bridgehead atoms. The molecule has 1 atom stereocenters. The zero-order valence-electron chi connectivity index (χ0n) is 14.5. The molecule has 0 saturated carbocycles. The Hall–Kier alpha value is -1.24. The molecule has 2 fully saturated rings. The summed E-state index contributed by atoms with van der Waals surface area (Å²) >= 11 is 0. The second kappa shape index (κ2) is 7.55. The fourth-order valence-electron chi connectivity index (χ4n) is 3.42. The quantitative estimate of drug-likeness (QED) is 0.841. The molecule has 0 spiro atoms. The molecule has 2 aliphatic heterocycles. The van der Waals surface area contributed by atoms with Crippen molar-refractivity contribution in [1.82, 2.24) is 14.9 Å². The Bertz CT molecular complexity index is 517. The van der Waals surface area contributed by atoms with Gasteiger partial charge in [0.15, 0.2) is 0 Å². The molecule has 23 heavy (non-hydrogen) atoms. The van der Waals surface area contributed by atoms with Gasteiger partial charge in [0.2, 0.25) is 0 Å². The minimum atomic E-state index is 0.0558. The largest absolute Gasteiger partial charge is 0.384 e. The van der Waals surface area contributed by atoms with E-state index in [9.17, 15) is 0 Å². The number of rotatable bonds is 4. The summed E-state index contributed by atoms with van der Waals surface area (Å²) in [5, 5.41) is 0. The van der Waals surface area contributed by atoms with Gasteiger partial charge in [-0.2, -0.15) is 0 Å². The molecule has 6 nitrogen and oxygen atoms in total. The average molecular weight is 320 g/mol. The van der Waals surface area contributed by atoms with Crippen LogP contribution in [0.1, 0.15) is 30.5 Å². The van der Waals surface area contributed by atoms with E-state index in [1.54, 1.807) is 7.11 Å². The summed E-state index contributed by atoms with van der Waals surface area (Å²) in [6, 6.07) is 2.12. The summed E-state index contributed by atoms with van der Waals surface area (Å²) in [6.45, 7) is 7.56. The Morgan fingerprint density at radius 1 is 1.26 bits per heavy atom. The van der Waals surface area contributed by atoms with Gasteiger partial charge in [-0.1, -0.05) is 0 Å². The van der Waals surface area contributed by atoms with Crippen LogP contribution in [-0.2, 0) is 9.47 Å². The van der Waals surface area contributed by atoms with Crippen molar-refractivity contribution in [2.75, 3.05) is 58.5 Å². The van der Waals surface area contributed by atoms with Crippen LogP contribution < -0.4 is 4.90 Å². The van der Waals surface area contributed by atoms with E-state index in [1.165, 1.54) is 0 Å². The topological polar surface area (TPSA) is 50.7 Å². The lowest BCUT2D eigenvalue weighted by Crippen LogP contribution is -2.37. The maximum atomic E-state index is 5.91. The van der Waals surface area contributed by atoms with Crippen LogP contribution in [0.3, 0.4) is 0 Å². The van der Waals surface area contributed by atoms with Crippen molar-refractivity contribution in [3.05, 3.63) is 17.6 Å². The van der Waals surface area contributed by atoms with E-state index >= 15 is 0 Å². The predicted octanol–water partition coefficient (Wildman–Crippen LogP) is 1.65. The van der Waals surface area contributed by atoms with E-state index in [2.05, 4.69) is 32.9 Å². The maximum Gasteiger partial charge on any atom is 0.132 e. The monoisotopic (exact) mass is 320 g/mol. The zero-order chi connectivity index (χ0) is 16.2. The highest BCUT2D eigenvalue weighted by Gasteiger charge is 2.24. The SMILES string of the molecule is COCC1CCN(c2cc([C@H]3CN(C)CCO3)nc(C)n2)CC1. The van der Waals surface area contributed by atoms with E-state index in [0.29, 0.717) is 5.92 Å². The molecule has 128 valence electrons. The summed E-state index contributed by atoms with van der Waals surface area (Å²) in [5.74, 6) is 2.54. The highest BCUT2D eigenvalue weighted by Crippen LogP contribution is 2.26. The van der Waals surface area contributed by atoms with Crippen LogP contribution in [0.15, 0.2) is 6.07 Å². The highest BCUT2D eigenvalue weighted by atomic mass is 16.5. The van der Waals surface area contributed by atoms with Gasteiger partial charge in [0.05, 0.1) is 12.3 Å². The summed E-state index contributed by atoms with van der Waals surface area (Å²) in [4.78, 5) is 13.9. The van der Waals surface area contributed by atoms with Crippen molar-refractivity contribution in [1.29, 1.82) is 0 Å². The number of aromatic nitrogens is 2. The lowest BCUT2D eigenvalue weighted by Gasteiger charge is -2.33. The van der Waals surface area contributed by atoms with Crippen LogP contribution in [0.4, 0.5) is 5.82 Å². The van der Waals surface area contributed by atoms with Crippen molar-refractivity contribution in [3.8, 4) is 0 Å². The number of aryl methyl sites for hydroxylation is 1. The fraction of sp³-hybridized carbons (Fsp3) is 0.765. The van der Waals surface area contributed by atoms with Crippen LogP contribution >= 0.6 is 0 Å². The third kappa shape index (κ3) is 4.19. The number of ether oxygens (including phenoxy) is 2. The van der Waals surface area contributed by atoms with Gasteiger partial charge in [0.1, 0.15) is 17.7 Å². The molecule has 3 rings (SSSR count). The van der Waals surface area contributed by atoms with Gasteiger partial charge in [-0.3, -0.25) is 0 Å². The number of morpholine rings is 1. The standard InChI is InChI=1S/C17H28N4O2/c1-13-18-15(16-11-20(2)8-9-23-16)10-17(19-13)21-6-4-14(5-7-21)12-22-3/h10,14,16H,4-9,11-12H2,1-3H3/t16-/m1/s1. The normalized spacial score (nSPS) is 24.1. The molecule has 0 radical (unpaired) electrons. The third-order valence-electron chi connectivity index (χ3n) is 4.78. The smallest absolute Gasteiger partial charge is 0.132 e. The third-order valence-corrected chi connectivity index (χ3v) is 4.78. The minimum absolute atomic E-state index is 0.0558. The summed E-state index contributed by atoms with van der Waals surface area (Å²) in [5.41, 5.74) is 1.01. The molecule has 2 aliphatic rings. The Morgan fingerprint density at radius 3 is 2.74 bits per heavy atom. The molecule has 1 aromatic rings. The van der Waals surface area contributed by atoms with Crippen molar-refractivity contribution < 1.29 is 9.47 Å². The van der Waals surface area contributed by atoms with Gasteiger partial charge in [0, 0.05) is 46.0 Å². The molecule has 0 N–H and O–H groups in total. The van der Waals surface area contributed by atoms with E-state index in [0.717, 1.165) is 69.6 Å². The second-order valence-corrected chi connectivity index (χ2v) is 6.71. The second-order valence-electron chi connectivity index (χ2n) is 6.71. The molecule has 0 unspecified atom stereocenters. The Labute approximate surface area is 138 Å². The van der Waals surface area contributed by atoms with Crippen LogP contribution in [0.25, 0.3) is 0 Å². The molecular weight excluding hydrogens is 292 g/mol. The number of hydrogen-bond donors (Lipinski definition) is 0. The minimum Gasteiger partial charge on any atom is -0.384 e. The first-order valence-electron chi connectivity index (χ1n) is 8.55. The Morgan fingerprint density at radius 2 is 2.04 bits per heavy atom. The summed E-state index contributed by atoms with van der Waals surface area (Å²) < 4.78 is 11.2. The number of methoxy groups -OCH3 is 1. The Kier molecular flexibility index (Phi) is 5.46. The lowest BCUT2D eigenvalue weighted by atomic mass is 9.98. The van der Waals surface area contributed by atoms with Crippen LogP contribution in [0.5, 0.6) is 0 Å². The summed E-state index contributed by atoms with van der Waals surface area (Å²) in [7, 11) is 3.92. The molecule has 2 saturated heterocycles. The number of hydrogen-bond acceptors (Lipinski definition) is 6. The Balaban J connectivity index is 1.71. The fourth-order valence-corrected chi connectivity index (χ4v) is 3.42. The maximum absolute atomic E-state index is 5.91. The first-order valence-corrected chi connectivity index (χ1v) is 8.55. The van der Waals surface area contributed by atoms with Gasteiger partial charge in [-0.15, -0.1) is 0 Å². The van der Waals surface area contributed by atoms with E-state index in [-0.39, 0.29) is 6.10 Å². The van der Waals surface area contributed by atoms with Gasteiger partial charge in [-0.25, -0.2) is 9.97 Å². The lowest BCUT2D eigenvalue weighted by molar-refractivity contribution is -0.0232. The molecule has 6 heteroatoms. The van der Waals surface area contributed by atoms with Gasteiger partial charge < -0.3 is 19.3 Å². The van der Waals surface area contributed by atoms with Crippen LogP contribution in [-0.4, -0.2) is 68.4 Å². The highest BCUT2D eigenvalue weighted by molar-refractivity contribution is 5.41. The average Bonchev–Trinajstić information content (AvgIpc) is 2.55. The van der Waals surface area contributed by atoms with E-state index < -0.39 is 0 Å². The molecule has 1 aromatic heterocycles. The van der Waals surface area contributed by atoms with Crippen molar-refractivity contribution in [2.45, 2.75) is 25.9 Å². The first-order chi connectivity index (χ1) is 11.2. The van der Waals surface area contributed by atoms with E-state index in [4.69, 9.17) is 9.47 Å². The van der Waals surface area contributed by atoms with Crippen molar-refractivity contribution in [2.24, 2.45) is 5.92 Å². The number of anilines is 1. The van der Waals surface area contributed by atoms with Gasteiger partial charge in [0.25, 0.3) is 0 Å². The van der Waals surface area contributed by atoms with Crippen molar-refractivity contribution in [3.63, 3.8) is 0 Å². The number of nitrogens with zero attached hydrogens (tertiary/aromatic N) is 4. The molecule has 0 aromatic carbocycles. The predicted molar refractivity (Wildman–Crippen MR) is 89.8 cm³/mol. The number of likely N-dealkylation sites (N-methyl/N-ethyl adjacent to an activating group) is 1. The van der Waals surface area contributed by atoms with Crippen LogP contribution in [0.2, 0.25) is 0 Å². The first kappa shape index (κ1) is 16.6. The van der Waals surface area contributed by atoms with E-state index in [1.807, 2.05) is 6.92 Å². The molecule has 3 heterocycles. The molecule has 0 aliphatic carbocycles. The van der Waals surface area contributed by atoms with Gasteiger partial charge in [-0.05, 0) is 32.7 Å². The summed E-state index contributed by atoms with van der Waals surface area (Å²) in [6.07, 6.45) is 2.38. The van der Waals surface area contributed by atoms with Gasteiger partial charge >= 0.3 is 0 Å².